The van der Waals surface area contributed by atoms with Crippen LogP contribution in [0.3, 0.4) is 0 Å². The number of nitrogens with zero attached hydrogens (tertiary/aromatic N) is 3. The zero-order valence-corrected chi connectivity index (χ0v) is 19.7. The fourth-order valence-corrected chi connectivity index (χ4v) is 5.13. The summed E-state index contributed by atoms with van der Waals surface area (Å²) in [6, 6.07) is 16.4. The van der Waals surface area contributed by atoms with Gasteiger partial charge in [-0.15, -0.1) is 11.3 Å². The molecule has 0 saturated carbocycles. The van der Waals surface area contributed by atoms with Crippen molar-refractivity contribution in [2.45, 2.75) is 11.1 Å². The van der Waals surface area contributed by atoms with Crippen molar-refractivity contribution in [1.29, 1.82) is 0 Å². The van der Waals surface area contributed by atoms with Crippen molar-refractivity contribution < 1.29 is 13.2 Å². The Bertz CT molecular complexity index is 1380. The van der Waals surface area contributed by atoms with Crippen LogP contribution in [0.4, 0.5) is 11.5 Å². The lowest BCUT2D eigenvalue weighted by Gasteiger charge is -2.11. The van der Waals surface area contributed by atoms with Gasteiger partial charge >= 0.3 is 0 Å². The van der Waals surface area contributed by atoms with Gasteiger partial charge in [-0.05, 0) is 67.0 Å². The summed E-state index contributed by atoms with van der Waals surface area (Å²) < 4.78 is 28.9. The molecule has 0 aliphatic carbocycles. The summed E-state index contributed by atoms with van der Waals surface area (Å²) >= 11 is 6.40. The molecule has 3 N–H and O–H groups in total. The highest BCUT2D eigenvalue weighted by molar-refractivity contribution is 7.94. The zero-order valence-electron chi connectivity index (χ0n) is 17.2. The lowest BCUT2D eigenvalue weighted by atomic mass is 10.2. The standard InChI is InChI=1S/C21H18N6O3S3/c1-14-13-18(27(25-14)17-5-2-3-11-22-17)23-21(31)24-20(28)15-7-9-16(10-8-15)26-33(29,30)19-6-4-12-32-19/h2-13,26H,1H3,(H2,23,24,28,31). The second-order valence-electron chi connectivity index (χ2n) is 6.79. The minimum absolute atomic E-state index is 0.0829. The average molecular weight is 499 g/mol. The van der Waals surface area contributed by atoms with Crippen molar-refractivity contribution >= 4 is 56.1 Å². The van der Waals surface area contributed by atoms with E-state index in [2.05, 4.69) is 25.4 Å². The second kappa shape index (κ2) is 9.48. The SMILES string of the molecule is Cc1cc(NC(=S)NC(=O)c2ccc(NS(=O)(=O)c3cccs3)cc2)n(-c2ccccn2)n1. The van der Waals surface area contributed by atoms with Crippen LogP contribution in [0, 0.1) is 6.92 Å². The van der Waals surface area contributed by atoms with Gasteiger partial charge in [-0.2, -0.15) is 9.78 Å². The Balaban J connectivity index is 1.40. The maximum Gasteiger partial charge on any atom is 0.271 e. The highest BCUT2D eigenvalue weighted by Gasteiger charge is 2.16. The molecule has 0 saturated heterocycles. The average Bonchev–Trinajstić information content (AvgIpc) is 3.45. The molecule has 0 aliphatic rings. The molecule has 3 heterocycles. The number of benzene rings is 1. The summed E-state index contributed by atoms with van der Waals surface area (Å²) in [5, 5.41) is 11.7. The summed E-state index contributed by atoms with van der Waals surface area (Å²) in [6.45, 7) is 1.83. The maximum absolute atomic E-state index is 12.6. The Kier molecular flexibility index (Phi) is 6.49. The zero-order chi connectivity index (χ0) is 23.4. The quantitative estimate of drug-likeness (QED) is 0.348. The van der Waals surface area contributed by atoms with E-state index in [9.17, 15) is 13.2 Å². The van der Waals surface area contributed by atoms with Crippen LogP contribution in [0.1, 0.15) is 16.1 Å². The van der Waals surface area contributed by atoms with Gasteiger partial charge in [-0.1, -0.05) is 12.1 Å². The van der Waals surface area contributed by atoms with E-state index < -0.39 is 15.9 Å². The van der Waals surface area contributed by atoms with Crippen LogP contribution in [-0.4, -0.2) is 34.2 Å². The number of anilines is 2. The lowest BCUT2D eigenvalue weighted by molar-refractivity contribution is 0.0977. The van der Waals surface area contributed by atoms with Gasteiger partial charge in [0, 0.05) is 23.5 Å². The largest absolute Gasteiger partial charge is 0.317 e. The van der Waals surface area contributed by atoms with Gasteiger partial charge in [0.1, 0.15) is 10.0 Å². The summed E-state index contributed by atoms with van der Waals surface area (Å²) in [4.78, 5) is 16.8. The predicted molar refractivity (Wildman–Crippen MR) is 131 cm³/mol. The summed E-state index contributed by atoms with van der Waals surface area (Å²) in [5.74, 6) is 0.707. The van der Waals surface area contributed by atoms with E-state index in [1.807, 2.05) is 13.0 Å². The summed E-state index contributed by atoms with van der Waals surface area (Å²) in [6.07, 6.45) is 1.65. The van der Waals surface area contributed by atoms with E-state index in [-0.39, 0.29) is 9.32 Å². The van der Waals surface area contributed by atoms with E-state index in [4.69, 9.17) is 12.2 Å². The number of hydrogen-bond acceptors (Lipinski definition) is 7. The van der Waals surface area contributed by atoms with Crippen molar-refractivity contribution in [3.8, 4) is 5.82 Å². The fourth-order valence-electron chi connectivity index (χ4n) is 2.88. The first kappa shape index (κ1) is 22.6. The lowest BCUT2D eigenvalue weighted by Crippen LogP contribution is -2.34. The maximum atomic E-state index is 12.6. The minimum Gasteiger partial charge on any atom is -0.317 e. The van der Waals surface area contributed by atoms with E-state index >= 15 is 0 Å². The minimum atomic E-state index is -3.66. The molecular formula is C21H18N6O3S3. The number of sulfonamides is 1. The first-order valence-corrected chi connectivity index (χ1v) is 12.4. The molecule has 1 aromatic carbocycles. The molecule has 4 aromatic rings. The van der Waals surface area contributed by atoms with Crippen LogP contribution in [0.5, 0.6) is 0 Å². The van der Waals surface area contributed by atoms with Crippen LogP contribution < -0.4 is 15.4 Å². The molecule has 9 nitrogen and oxygen atoms in total. The van der Waals surface area contributed by atoms with Crippen molar-refractivity contribution in [2.75, 3.05) is 10.0 Å². The number of carbonyl (C=O) groups excluding carboxylic acids is 1. The van der Waals surface area contributed by atoms with Gasteiger partial charge in [0.25, 0.3) is 15.9 Å². The predicted octanol–water partition coefficient (Wildman–Crippen LogP) is 3.56. The number of thiophene rings is 1. The highest BCUT2D eigenvalue weighted by atomic mass is 32.2. The monoisotopic (exact) mass is 498 g/mol. The second-order valence-corrected chi connectivity index (χ2v) is 10.1. The van der Waals surface area contributed by atoms with Gasteiger partial charge in [0.2, 0.25) is 0 Å². The van der Waals surface area contributed by atoms with Crippen LogP contribution in [0.15, 0.2) is 76.4 Å². The Morgan fingerprint density at radius 1 is 1.09 bits per heavy atom. The first-order chi connectivity index (χ1) is 15.8. The number of thiocarbonyl (C=S) groups is 1. The molecular weight excluding hydrogens is 480 g/mol. The van der Waals surface area contributed by atoms with Crippen molar-refractivity contribution in [3.05, 3.63) is 83.5 Å². The third kappa shape index (κ3) is 5.42. The number of amides is 1. The number of aromatic nitrogens is 3. The normalized spacial score (nSPS) is 11.1. The molecule has 0 bridgehead atoms. The third-order valence-electron chi connectivity index (χ3n) is 4.33. The first-order valence-electron chi connectivity index (χ1n) is 9.59. The van der Waals surface area contributed by atoms with E-state index in [0.717, 1.165) is 17.0 Å². The number of aryl methyl sites for hydroxylation is 1. The van der Waals surface area contributed by atoms with Gasteiger partial charge in [-0.3, -0.25) is 14.8 Å². The van der Waals surface area contributed by atoms with Crippen molar-refractivity contribution in [3.63, 3.8) is 0 Å². The summed E-state index contributed by atoms with van der Waals surface area (Å²) in [7, 11) is -3.66. The van der Waals surface area contributed by atoms with E-state index in [1.54, 1.807) is 40.5 Å². The molecule has 4 rings (SSSR count). The van der Waals surface area contributed by atoms with Crippen LogP contribution in [-0.2, 0) is 10.0 Å². The van der Waals surface area contributed by atoms with Crippen LogP contribution in [0.2, 0.25) is 0 Å². The Labute approximate surface area is 199 Å². The van der Waals surface area contributed by atoms with Gasteiger partial charge in [0.05, 0.1) is 5.69 Å². The van der Waals surface area contributed by atoms with Crippen LogP contribution in [0.25, 0.3) is 5.82 Å². The number of nitrogens with one attached hydrogen (secondary N) is 3. The van der Waals surface area contributed by atoms with Crippen molar-refractivity contribution in [1.82, 2.24) is 20.1 Å². The molecule has 0 radical (unpaired) electrons. The van der Waals surface area contributed by atoms with Gasteiger partial charge < -0.3 is 5.32 Å². The van der Waals surface area contributed by atoms with Crippen LogP contribution >= 0.6 is 23.6 Å². The number of rotatable bonds is 6. The number of carbonyl (C=O) groups is 1. The Morgan fingerprint density at radius 3 is 2.55 bits per heavy atom. The fraction of sp³-hybridized carbons (Fsp3) is 0.0476. The number of pyridine rings is 1. The summed E-state index contributed by atoms with van der Waals surface area (Å²) in [5.41, 5.74) is 1.40. The topological polar surface area (TPSA) is 118 Å². The molecule has 168 valence electrons. The van der Waals surface area contributed by atoms with E-state index in [1.165, 1.54) is 30.3 Å². The smallest absolute Gasteiger partial charge is 0.271 e. The highest BCUT2D eigenvalue weighted by Crippen LogP contribution is 2.20. The Morgan fingerprint density at radius 2 is 1.88 bits per heavy atom. The molecule has 3 aromatic heterocycles. The molecule has 0 aliphatic heterocycles. The molecule has 1 amide bonds. The molecule has 12 heteroatoms. The third-order valence-corrected chi connectivity index (χ3v) is 7.31. The molecule has 0 fully saturated rings. The number of hydrogen-bond donors (Lipinski definition) is 3. The molecule has 0 atom stereocenters. The Hall–Kier alpha value is -3.61. The van der Waals surface area contributed by atoms with Gasteiger partial charge in [-0.25, -0.2) is 13.4 Å². The van der Waals surface area contributed by atoms with Crippen molar-refractivity contribution in [2.24, 2.45) is 0 Å². The molecule has 33 heavy (non-hydrogen) atoms. The molecule has 0 spiro atoms. The van der Waals surface area contributed by atoms with Gasteiger partial charge in [0.15, 0.2) is 10.9 Å². The van der Waals surface area contributed by atoms with E-state index in [0.29, 0.717) is 22.9 Å². The molecule has 0 unspecified atom stereocenters.